The molecule has 1 amide bonds. The molecule has 0 saturated carbocycles. The summed E-state index contributed by atoms with van der Waals surface area (Å²) >= 11 is 0. The van der Waals surface area contributed by atoms with E-state index in [9.17, 15) is 9.59 Å². The number of hydrogen-bond acceptors (Lipinski definition) is 5. The Labute approximate surface area is 160 Å². The minimum atomic E-state index is -0.150. The van der Waals surface area contributed by atoms with Gasteiger partial charge in [0.15, 0.2) is 6.04 Å². The van der Waals surface area contributed by atoms with Crippen molar-refractivity contribution >= 4 is 23.3 Å². The molecule has 0 radical (unpaired) electrons. The fraction of sp³-hybridized carbons (Fsp3) is 0.600. The Balaban J connectivity index is 1.50. The molecule has 1 atom stereocenters. The number of benzene rings is 1. The Hall–Kier alpha value is -2.12. The summed E-state index contributed by atoms with van der Waals surface area (Å²) < 4.78 is 10.2. The smallest absolute Gasteiger partial charge is 0.309 e. The minimum absolute atomic E-state index is 0.0145. The summed E-state index contributed by atoms with van der Waals surface area (Å²) in [6, 6.07) is 7.84. The highest BCUT2D eigenvalue weighted by molar-refractivity contribution is 5.93. The second-order valence-corrected chi connectivity index (χ2v) is 7.31. The van der Waals surface area contributed by atoms with Gasteiger partial charge in [-0.15, -0.1) is 0 Å². The van der Waals surface area contributed by atoms with Crippen LogP contribution in [0.25, 0.3) is 0 Å². The summed E-state index contributed by atoms with van der Waals surface area (Å²) in [6.45, 7) is 6.87. The van der Waals surface area contributed by atoms with Gasteiger partial charge in [-0.25, -0.2) is 0 Å². The van der Waals surface area contributed by atoms with Crippen LogP contribution in [0.15, 0.2) is 24.3 Å². The number of anilines is 2. The first-order chi connectivity index (χ1) is 13.1. The van der Waals surface area contributed by atoms with Gasteiger partial charge in [0.1, 0.15) is 0 Å². The molecule has 3 rings (SSSR count). The summed E-state index contributed by atoms with van der Waals surface area (Å²) in [4.78, 5) is 27.8. The first-order valence-corrected chi connectivity index (χ1v) is 9.74. The van der Waals surface area contributed by atoms with E-state index in [-0.39, 0.29) is 23.8 Å². The second kappa shape index (κ2) is 9.19. The summed E-state index contributed by atoms with van der Waals surface area (Å²) in [5, 5.41) is 3.02. The molecule has 2 aliphatic rings. The number of hydrogen-bond donors (Lipinski definition) is 2. The molecule has 7 nitrogen and oxygen atoms in total. The number of morpholine rings is 1. The lowest BCUT2D eigenvalue weighted by molar-refractivity contribution is -0.919. The zero-order valence-electron chi connectivity index (χ0n) is 16.2. The van der Waals surface area contributed by atoms with Crippen LogP contribution in [-0.2, 0) is 19.1 Å². The average molecular weight is 376 g/mol. The molecule has 0 aromatic heterocycles. The summed E-state index contributed by atoms with van der Waals surface area (Å²) in [5.74, 6) is -0.145. The van der Waals surface area contributed by atoms with Crippen LogP contribution in [0.1, 0.15) is 19.8 Å². The standard InChI is InChI=1S/C20H29N3O4/c1-15(22-9-7-16(8-10-22)20(25)26-2)19(24)21-17-3-5-18(6-4-17)23-11-13-27-14-12-23/h3-6,15-16H,7-14H2,1-2H3,(H,21,24)/p+1/t15-/m0/s1. The molecule has 0 spiro atoms. The number of methoxy groups -OCH3 is 1. The predicted octanol–water partition coefficient (Wildman–Crippen LogP) is 0.318. The minimum Gasteiger partial charge on any atom is -0.469 e. The number of quaternary nitrogens is 1. The van der Waals surface area contributed by atoms with E-state index in [2.05, 4.69) is 10.2 Å². The molecule has 2 fully saturated rings. The van der Waals surface area contributed by atoms with Gasteiger partial charge in [-0.05, 0) is 31.2 Å². The first kappa shape index (κ1) is 19.6. The number of carbonyl (C=O) groups excluding carboxylic acids is 2. The van der Waals surface area contributed by atoms with Crippen molar-refractivity contribution in [3.63, 3.8) is 0 Å². The third-order valence-electron chi connectivity index (χ3n) is 5.68. The van der Waals surface area contributed by atoms with Crippen LogP contribution in [0.4, 0.5) is 11.4 Å². The second-order valence-electron chi connectivity index (χ2n) is 7.31. The molecule has 0 aliphatic carbocycles. The van der Waals surface area contributed by atoms with Crippen LogP contribution in [0, 0.1) is 5.92 Å². The number of likely N-dealkylation sites (tertiary alicyclic amines) is 1. The highest BCUT2D eigenvalue weighted by Gasteiger charge is 2.33. The summed E-state index contributed by atoms with van der Waals surface area (Å²) in [6.07, 6.45) is 1.54. The topological polar surface area (TPSA) is 72.3 Å². The van der Waals surface area contributed by atoms with Gasteiger partial charge < -0.3 is 24.6 Å². The molecular formula is C20H30N3O4+. The highest BCUT2D eigenvalue weighted by Crippen LogP contribution is 2.19. The Morgan fingerprint density at radius 3 is 2.41 bits per heavy atom. The lowest BCUT2D eigenvalue weighted by atomic mass is 9.96. The number of rotatable bonds is 5. The third kappa shape index (κ3) is 4.99. The maximum atomic E-state index is 12.6. The highest BCUT2D eigenvalue weighted by atomic mass is 16.5. The number of nitrogens with one attached hydrogen (secondary N) is 2. The van der Waals surface area contributed by atoms with Crippen molar-refractivity contribution in [2.75, 3.05) is 56.7 Å². The fourth-order valence-electron chi connectivity index (χ4n) is 3.84. The zero-order chi connectivity index (χ0) is 19.2. The van der Waals surface area contributed by atoms with Gasteiger partial charge in [-0.2, -0.15) is 0 Å². The molecule has 0 unspecified atom stereocenters. The SMILES string of the molecule is COC(=O)C1CC[NH+]([C@@H](C)C(=O)Nc2ccc(N3CCOCC3)cc2)CC1. The Morgan fingerprint density at radius 1 is 1.19 bits per heavy atom. The van der Waals surface area contributed by atoms with Crippen molar-refractivity contribution in [2.24, 2.45) is 5.92 Å². The van der Waals surface area contributed by atoms with Crippen LogP contribution in [0.2, 0.25) is 0 Å². The molecule has 27 heavy (non-hydrogen) atoms. The number of piperidine rings is 1. The number of carbonyl (C=O) groups is 2. The molecular weight excluding hydrogens is 346 g/mol. The van der Waals surface area contributed by atoms with E-state index < -0.39 is 0 Å². The van der Waals surface area contributed by atoms with Gasteiger partial charge in [0.05, 0.1) is 39.3 Å². The Bertz CT molecular complexity index is 635. The van der Waals surface area contributed by atoms with Crippen LogP contribution >= 0.6 is 0 Å². The van der Waals surface area contributed by atoms with Gasteiger partial charge in [0.25, 0.3) is 5.91 Å². The number of esters is 1. The van der Waals surface area contributed by atoms with E-state index in [0.29, 0.717) is 0 Å². The van der Waals surface area contributed by atoms with Crippen molar-refractivity contribution in [3.05, 3.63) is 24.3 Å². The van der Waals surface area contributed by atoms with E-state index in [1.807, 2.05) is 31.2 Å². The van der Waals surface area contributed by atoms with Gasteiger partial charge >= 0.3 is 5.97 Å². The van der Waals surface area contributed by atoms with E-state index in [0.717, 1.165) is 63.6 Å². The maximum Gasteiger partial charge on any atom is 0.309 e. The molecule has 2 saturated heterocycles. The molecule has 1 aromatic rings. The van der Waals surface area contributed by atoms with Crippen molar-refractivity contribution in [3.8, 4) is 0 Å². The van der Waals surface area contributed by atoms with Crippen LogP contribution < -0.4 is 15.1 Å². The monoisotopic (exact) mass is 376 g/mol. The van der Waals surface area contributed by atoms with Gasteiger partial charge in [0, 0.05) is 37.3 Å². The van der Waals surface area contributed by atoms with E-state index >= 15 is 0 Å². The largest absolute Gasteiger partial charge is 0.469 e. The van der Waals surface area contributed by atoms with Gasteiger partial charge in [0.2, 0.25) is 0 Å². The molecule has 2 aliphatic heterocycles. The van der Waals surface area contributed by atoms with Gasteiger partial charge in [-0.1, -0.05) is 0 Å². The van der Waals surface area contributed by atoms with Crippen molar-refractivity contribution in [2.45, 2.75) is 25.8 Å². The van der Waals surface area contributed by atoms with Crippen LogP contribution in [-0.4, -0.2) is 64.4 Å². The number of nitrogens with zero attached hydrogens (tertiary/aromatic N) is 1. The summed E-state index contributed by atoms with van der Waals surface area (Å²) in [7, 11) is 1.43. The number of ether oxygens (including phenoxy) is 2. The Kier molecular flexibility index (Phi) is 6.68. The lowest BCUT2D eigenvalue weighted by Gasteiger charge is -2.31. The summed E-state index contributed by atoms with van der Waals surface area (Å²) in [5.41, 5.74) is 1.97. The van der Waals surface area contributed by atoms with E-state index in [4.69, 9.17) is 9.47 Å². The molecule has 148 valence electrons. The predicted molar refractivity (Wildman–Crippen MR) is 103 cm³/mol. The lowest BCUT2D eigenvalue weighted by Crippen LogP contribution is -3.17. The van der Waals surface area contributed by atoms with E-state index in [1.54, 1.807) is 0 Å². The molecule has 0 bridgehead atoms. The van der Waals surface area contributed by atoms with Gasteiger partial charge in [-0.3, -0.25) is 9.59 Å². The Morgan fingerprint density at radius 2 is 1.81 bits per heavy atom. The molecule has 2 N–H and O–H groups in total. The van der Waals surface area contributed by atoms with Crippen LogP contribution in [0.5, 0.6) is 0 Å². The average Bonchev–Trinajstić information content (AvgIpc) is 2.74. The van der Waals surface area contributed by atoms with Crippen molar-refractivity contribution < 1.29 is 24.0 Å². The fourth-order valence-corrected chi connectivity index (χ4v) is 3.84. The van der Waals surface area contributed by atoms with E-state index in [1.165, 1.54) is 12.0 Å². The van der Waals surface area contributed by atoms with Crippen molar-refractivity contribution in [1.29, 1.82) is 0 Å². The molecule has 1 aromatic carbocycles. The maximum absolute atomic E-state index is 12.6. The van der Waals surface area contributed by atoms with Crippen molar-refractivity contribution in [1.82, 2.24) is 0 Å². The molecule has 7 heteroatoms. The third-order valence-corrected chi connectivity index (χ3v) is 5.68. The zero-order valence-corrected chi connectivity index (χ0v) is 16.2. The quantitative estimate of drug-likeness (QED) is 0.724. The number of amides is 1. The molecule has 2 heterocycles. The first-order valence-electron chi connectivity index (χ1n) is 9.74. The van der Waals surface area contributed by atoms with Crippen LogP contribution in [0.3, 0.4) is 0 Å². The normalized spacial score (nSPS) is 24.1.